The van der Waals surface area contributed by atoms with Gasteiger partial charge >= 0.3 is 0 Å². The number of hydrogen-bond acceptors (Lipinski definition) is 5. The summed E-state index contributed by atoms with van der Waals surface area (Å²) >= 11 is 0. The van der Waals surface area contributed by atoms with E-state index >= 15 is 0 Å². The zero-order chi connectivity index (χ0) is 20.4. The highest BCUT2D eigenvalue weighted by atomic mass is 19.1. The lowest BCUT2D eigenvalue weighted by atomic mass is 9.98. The molecule has 29 heavy (non-hydrogen) atoms. The quantitative estimate of drug-likeness (QED) is 0.688. The van der Waals surface area contributed by atoms with Crippen molar-refractivity contribution in [2.24, 2.45) is 0 Å². The molecule has 2 aromatic carbocycles. The van der Waals surface area contributed by atoms with E-state index in [0.717, 1.165) is 11.1 Å². The average Bonchev–Trinajstić information content (AvgIpc) is 2.72. The SMILES string of the molecule is O[C@@H](CNC[C@H](O)[C@@H]1CCc2cc(F)ccc2O1)[C@@H]1CCc2cc(F)ccc2O1. The molecule has 0 unspecified atom stereocenters. The zero-order valence-electron chi connectivity index (χ0n) is 16.0. The molecule has 156 valence electrons. The van der Waals surface area contributed by atoms with Gasteiger partial charge in [0.1, 0.15) is 47.5 Å². The van der Waals surface area contributed by atoms with Crippen molar-refractivity contribution in [3.05, 3.63) is 59.2 Å². The Morgan fingerprint density at radius 1 is 0.828 bits per heavy atom. The Balaban J connectivity index is 1.24. The molecule has 2 aliphatic heterocycles. The summed E-state index contributed by atoms with van der Waals surface area (Å²) in [6.45, 7) is 0.513. The van der Waals surface area contributed by atoms with Crippen molar-refractivity contribution in [2.45, 2.75) is 50.1 Å². The molecule has 0 aromatic heterocycles. The van der Waals surface area contributed by atoms with Crippen molar-refractivity contribution in [2.75, 3.05) is 13.1 Å². The fourth-order valence-electron chi connectivity index (χ4n) is 3.94. The van der Waals surface area contributed by atoms with Gasteiger partial charge < -0.3 is 25.0 Å². The lowest BCUT2D eigenvalue weighted by molar-refractivity contribution is 0.00892. The van der Waals surface area contributed by atoms with Crippen LogP contribution in [-0.2, 0) is 12.8 Å². The highest BCUT2D eigenvalue weighted by Crippen LogP contribution is 2.30. The molecule has 0 radical (unpaired) electrons. The molecule has 7 heteroatoms. The molecule has 2 aromatic rings. The van der Waals surface area contributed by atoms with Gasteiger partial charge in [-0.25, -0.2) is 8.78 Å². The summed E-state index contributed by atoms with van der Waals surface area (Å²) in [5.74, 6) is 0.624. The molecule has 0 saturated carbocycles. The summed E-state index contributed by atoms with van der Waals surface area (Å²) < 4.78 is 38.2. The van der Waals surface area contributed by atoms with Crippen molar-refractivity contribution < 1.29 is 28.5 Å². The third-order valence-electron chi connectivity index (χ3n) is 5.56. The number of nitrogens with one attached hydrogen (secondary N) is 1. The number of rotatable bonds is 6. The summed E-state index contributed by atoms with van der Waals surface area (Å²) in [5.41, 5.74) is 1.62. The third kappa shape index (κ3) is 4.69. The van der Waals surface area contributed by atoms with E-state index in [0.29, 0.717) is 37.2 Å². The standard InChI is InChI=1S/C22H25F2NO4/c23-15-3-7-19-13(9-15)1-5-21(28-19)17(26)11-25-12-18(27)22-6-2-14-10-16(24)4-8-20(14)29-22/h3-4,7-10,17-18,21-22,25-27H,1-2,5-6,11-12H2/t17-,18-,21-,22-/m0/s1. The molecule has 2 heterocycles. The monoisotopic (exact) mass is 405 g/mol. The van der Waals surface area contributed by atoms with Crippen LogP contribution in [0.15, 0.2) is 36.4 Å². The largest absolute Gasteiger partial charge is 0.487 e. The second-order valence-electron chi connectivity index (χ2n) is 7.69. The van der Waals surface area contributed by atoms with Crippen molar-refractivity contribution in [1.29, 1.82) is 0 Å². The number of aryl methyl sites for hydroxylation is 2. The second-order valence-corrected chi connectivity index (χ2v) is 7.69. The van der Waals surface area contributed by atoms with E-state index in [1.165, 1.54) is 24.3 Å². The minimum Gasteiger partial charge on any atom is -0.487 e. The smallest absolute Gasteiger partial charge is 0.126 e. The van der Waals surface area contributed by atoms with Gasteiger partial charge in [-0.1, -0.05) is 0 Å². The summed E-state index contributed by atoms with van der Waals surface area (Å²) in [4.78, 5) is 0. The maximum atomic E-state index is 13.3. The van der Waals surface area contributed by atoms with Crippen LogP contribution in [0.25, 0.3) is 0 Å². The second kappa shape index (κ2) is 8.65. The zero-order valence-corrected chi connectivity index (χ0v) is 16.0. The van der Waals surface area contributed by atoms with Crippen LogP contribution in [0.3, 0.4) is 0 Å². The first kappa shape index (κ1) is 20.1. The van der Waals surface area contributed by atoms with E-state index in [4.69, 9.17) is 9.47 Å². The minimum absolute atomic E-state index is 0.257. The van der Waals surface area contributed by atoms with E-state index in [9.17, 15) is 19.0 Å². The first-order chi connectivity index (χ1) is 14.0. The Kier molecular flexibility index (Phi) is 5.99. The van der Waals surface area contributed by atoms with E-state index in [1.807, 2.05) is 0 Å². The number of halogens is 2. The molecule has 0 bridgehead atoms. The van der Waals surface area contributed by atoms with Gasteiger partial charge in [-0.05, 0) is 73.2 Å². The summed E-state index contributed by atoms with van der Waals surface area (Å²) in [6.07, 6.45) is 0.214. The molecule has 0 saturated heterocycles. The normalized spacial score (nSPS) is 22.6. The average molecular weight is 405 g/mol. The van der Waals surface area contributed by atoms with Gasteiger partial charge in [-0.15, -0.1) is 0 Å². The molecule has 2 aliphatic rings. The molecule has 4 atom stereocenters. The lowest BCUT2D eigenvalue weighted by Crippen LogP contribution is -2.46. The van der Waals surface area contributed by atoms with E-state index in [2.05, 4.69) is 5.32 Å². The number of hydrogen-bond donors (Lipinski definition) is 3. The maximum absolute atomic E-state index is 13.3. The van der Waals surface area contributed by atoms with Crippen molar-refractivity contribution >= 4 is 0 Å². The van der Waals surface area contributed by atoms with Crippen molar-refractivity contribution in [1.82, 2.24) is 5.32 Å². The molecule has 0 spiro atoms. The Morgan fingerprint density at radius 3 is 1.72 bits per heavy atom. The van der Waals surface area contributed by atoms with Crippen LogP contribution in [0, 0.1) is 11.6 Å². The predicted octanol–water partition coefficient (Wildman–Crippen LogP) is 2.36. The molecule has 0 aliphatic carbocycles. The summed E-state index contributed by atoms with van der Waals surface area (Å²) in [6, 6.07) is 8.79. The number of aliphatic hydroxyl groups excluding tert-OH is 2. The number of fused-ring (bicyclic) bond motifs is 2. The highest BCUT2D eigenvalue weighted by Gasteiger charge is 2.29. The molecule has 3 N–H and O–H groups in total. The molecular weight excluding hydrogens is 380 g/mol. The van der Waals surface area contributed by atoms with Crippen LogP contribution in [-0.4, -0.2) is 47.7 Å². The number of ether oxygens (including phenoxy) is 2. The van der Waals surface area contributed by atoms with Gasteiger partial charge in [0.15, 0.2) is 0 Å². The van der Waals surface area contributed by atoms with E-state index in [1.54, 1.807) is 12.1 Å². The number of aliphatic hydroxyl groups is 2. The Hall–Kier alpha value is -2.22. The van der Waals surface area contributed by atoms with Crippen LogP contribution in [0.5, 0.6) is 11.5 Å². The third-order valence-corrected chi connectivity index (χ3v) is 5.56. The minimum atomic E-state index is -0.753. The van der Waals surface area contributed by atoms with Gasteiger partial charge in [0.2, 0.25) is 0 Å². The van der Waals surface area contributed by atoms with Gasteiger partial charge in [0.05, 0.1) is 0 Å². The fourth-order valence-corrected chi connectivity index (χ4v) is 3.94. The van der Waals surface area contributed by atoms with Crippen molar-refractivity contribution in [3.8, 4) is 11.5 Å². The summed E-state index contributed by atoms with van der Waals surface area (Å²) in [7, 11) is 0. The molecule has 0 fully saturated rings. The molecule has 0 amide bonds. The van der Waals surface area contributed by atoms with E-state index in [-0.39, 0.29) is 36.9 Å². The lowest BCUT2D eigenvalue weighted by Gasteiger charge is -2.31. The molecular formula is C22H25F2NO4. The van der Waals surface area contributed by atoms with Gasteiger partial charge in [0.25, 0.3) is 0 Å². The van der Waals surface area contributed by atoms with Crippen LogP contribution >= 0.6 is 0 Å². The Bertz CT molecular complexity index is 793. The first-order valence-corrected chi connectivity index (χ1v) is 9.96. The van der Waals surface area contributed by atoms with Gasteiger partial charge in [-0.3, -0.25) is 0 Å². The number of benzene rings is 2. The predicted molar refractivity (Wildman–Crippen MR) is 103 cm³/mol. The first-order valence-electron chi connectivity index (χ1n) is 9.96. The van der Waals surface area contributed by atoms with Crippen LogP contribution in [0.4, 0.5) is 8.78 Å². The molecule has 4 rings (SSSR count). The maximum Gasteiger partial charge on any atom is 0.126 e. The van der Waals surface area contributed by atoms with Crippen LogP contribution in [0.2, 0.25) is 0 Å². The molecule has 5 nitrogen and oxygen atoms in total. The highest BCUT2D eigenvalue weighted by molar-refractivity contribution is 5.36. The topological polar surface area (TPSA) is 71.0 Å². The van der Waals surface area contributed by atoms with Crippen LogP contribution < -0.4 is 14.8 Å². The Morgan fingerprint density at radius 2 is 1.28 bits per heavy atom. The van der Waals surface area contributed by atoms with Crippen molar-refractivity contribution in [3.63, 3.8) is 0 Å². The fraction of sp³-hybridized carbons (Fsp3) is 0.455. The van der Waals surface area contributed by atoms with Gasteiger partial charge in [0, 0.05) is 13.1 Å². The van der Waals surface area contributed by atoms with Crippen LogP contribution in [0.1, 0.15) is 24.0 Å². The Labute approximate surface area is 168 Å². The van der Waals surface area contributed by atoms with Gasteiger partial charge in [-0.2, -0.15) is 0 Å². The van der Waals surface area contributed by atoms with E-state index < -0.39 is 12.2 Å². The summed E-state index contributed by atoms with van der Waals surface area (Å²) in [5, 5.41) is 23.9.